The van der Waals surface area contributed by atoms with Gasteiger partial charge in [-0.2, -0.15) is 0 Å². The van der Waals surface area contributed by atoms with E-state index >= 15 is 0 Å². The second-order valence-corrected chi connectivity index (χ2v) is 2.93. The molecule has 0 atom stereocenters. The van der Waals surface area contributed by atoms with E-state index in [0.717, 1.165) is 0 Å². The maximum atomic E-state index is 12.4. The largest absolute Gasteiger partial charge is 0.383 e. The van der Waals surface area contributed by atoms with Crippen molar-refractivity contribution >= 4 is 17.4 Å². The molecular formula is C8H9ClF2N2. The third-order valence-electron chi connectivity index (χ3n) is 1.73. The number of hydrogen-bond acceptors (Lipinski definition) is 2. The van der Waals surface area contributed by atoms with E-state index in [1.54, 1.807) is 6.92 Å². The van der Waals surface area contributed by atoms with Gasteiger partial charge < -0.3 is 5.73 Å². The Balaban J connectivity index is 3.25. The van der Waals surface area contributed by atoms with Crippen LogP contribution in [-0.4, -0.2) is 4.98 Å². The molecular weight excluding hydrogens is 198 g/mol. The van der Waals surface area contributed by atoms with Gasteiger partial charge in [-0.3, -0.25) is 0 Å². The summed E-state index contributed by atoms with van der Waals surface area (Å²) in [7, 11) is 0. The van der Waals surface area contributed by atoms with Gasteiger partial charge in [0.15, 0.2) is 0 Å². The minimum absolute atomic E-state index is 0.0514. The van der Waals surface area contributed by atoms with E-state index in [9.17, 15) is 8.78 Å². The van der Waals surface area contributed by atoms with Gasteiger partial charge in [0.05, 0.1) is 11.6 Å². The van der Waals surface area contributed by atoms with Gasteiger partial charge >= 0.3 is 0 Å². The Morgan fingerprint density at radius 1 is 1.62 bits per heavy atom. The molecule has 0 radical (unpaired) electrons. The summed E-state index contributed by atoms with van der Waals surface area (Å²) in [5.41, 5.74) is 6.01. The molecule has 0 bridgehead atoms. The first-order valence-electron chi connectivity index (χ1n) is 3.66. The first-order valence-corrected chi connectivity index (χ1v) is 4.19. The van der Waals surface area contributed by atoms with Crippen molar-refractivity contribution in [2.45, 2.75) is 19.2 Å². The first-order chi connectivity index (χ1) is 6.06. The molecule has 0 amide bonds. The molecule has 0 unspecified atom stereocenters. The molecule has 0 aliphatic carbocycles. The number of hydrogen-bond donors (Lipinski definition) is 1. The molecule has 1 rings (SSSR count). The molecule has 2 nitrogen and oxygen atoms in total. The van der Waals surface area contributed by atoms with E-state index in [-0.39, 0.29) is 23.0 Å². The zero-order chi connectivity index (χ0) is 10.0. The van der Waals surface area contributed by atoms with Crippen LogP contribution in [0, 0.1) is 6.92 Å². The summed E-state index contributed by atoms with van der Waals surface area (Å²) >= 11 is 5.45. The minimum atomic E-state index is -2.56. The van der Waals surface area contributed by atoms with Crippen molar-refractivity contribution in [2.24, 2.45) is 0 Å². The molecule has 72 valence electrons. The Hall–Kier alpha value is -0.900. The number of pyridine rings is 1. The quantitative estimate of drug-likeness (QED) is 0.756. The van der Waals surface area contributed by atoms with Gasteiger partial charge in [0, 0.05) is 5.56 Å². The Morgan fingerprint density at radius 3 is 2.69 bits per heavy atom. The summed E-state index contributed by atoms with van der Waals surface area (Å²) in [5.74, 6) is 0.199. The Kier molecular flexibility index (Phi) is 3.03. The second kappa shape index (κ2) is 3.87. The molecule has 13 heavy (non-hydrogen) atoms. The number of halogens is 3. The van der Waals surface area contributed by atoms with Crippen molar-refractivity contribution in [1.82, 2.24) is 4.98 Å². The van der Waals surface area contributed by atoms with E-state index in [1.165, 1.54) is 6.07 Å². The standard InChI is InChI=1S/C8H9ClF2N2/c1-4-2-5(7(10)11)6(3-9)13-8(4)12/h2,7H,3H2,1H3,(H2,12,13). The van der Waals surface area contributed by atoms with Gasteiger partial charge in [-0.25, -0.2) is 13.8 Å². The van der Waals surface area contributed by atoms with E-state index in [1.807, 2.05) is 0 Å². The number of nitrogens with zero attached hydrogens (tertiary/aromatic N) is 1. The van der Waals surface area contributed by atoms with Crippen LogP contribution in [0.3, 0.4) is 0 Å². The molecule has 1 heterocycles. The fraction of sp³-hybridized carbons (Fsp3) is 0.375. The lowest BCUT2D eigenvalue weighted by atomic mass is 10.1. The molecule has 0 aromatic carbocycles. The molecule has 0 saturated carbocycles. The molecule has 0 saturated heterocycles. The highest BCUT2D eigenvalue weighted by Gasteiger charge is 2.15. The Labute approximate surface area is 79.7 Å². The third kappa shape index (κ3) is 2.06. The number of rotatable bonds is 2. The fourth-order valence-electron chi connectivity index (χ4n) is 0.985. The van der Waals surface area contributed by atoms with Crippen molar-refractivity contribution in [3.05, 3.63) is 22.9 Å². The predicted molar refractivity (Wildman–Crippen MR) is 47.9 cm³/mol. The molecule has 0 spiro atoms. The van der Waals surface area contributed by atoms with Gasteiger partial charge in [-0.05, 0) is 18.6 Å². The van der Waals surface area contributed by atoms with Crippen molar-refractivity contribution in [2.75, 3.05) is 5.73 Å². The van der Waals surface area contributed by atoms with Gasteiger partial charge in [-0.1, -0.05) is 0 Å². The normalized spacial score (nSPS) is 10.8. The van der Waals surface area contributed by atoms with Gasteiger partial charge in [0.1, 0.15) is 5.82 Å². The predicted octanol–water partition coefficient (Wildman–Crippen LogP) is 2.65. The minimum Gasteiger partial charge on any atom is -0.383 e. The average Bonchev–Trinajstić information content (AvgIpc) is 2.08. The highest BCUT2D eigenvalue weighted by Crippen LogP contribution is 2.25. The van der Waals surface area contributed by atoms with Crippen LogP contribution in [0.2, 0.25) is 0 Å². The lowest BCUT2D eigenvalue weighted by Gasteiger charge is -2.08. The van der Waals surface area contributed by atoms with Crippen LogP contribution in [-0.2, 0) is 5.88 Å². The van der Waals surface area contributed by atoms with Crippen LogP contribution >= 0.6 is 11.6 Å². The van der Waals surface area contributed by atoms with Crippen LogP contribution in [0.15, 0.2) is 6.07 Å². The zero-order valence-electron chi connectivity index (χ0n) is 7.02. The molecule has 1 aromatic heterocycles. The van der Waals surface area contributed by atoms with Crippen LogP contribution in [0.4, 0.5) is 14.6 Å². The fourth-order valence-corrected chi connectivity index (χ4v) is 1.20. The number of nitrogens with two attached hydrogens (primary N) is 1. The molecule has 5 heteroatoms. The van der Waals surface area contributed by atoms with Crippen LogP contribution < -0.4 is 5.73 Å². The van der Waals surface area contributed by atoms with Gasteiger partial charge in [0.25, 0.3) is 6.43 Å². The van der Waals surface area contributed by atoms with E-state index in [0.29, 0.717) is 5.56 Å². The summed E-state index contributed by atoms with van der Waals surface area (Å²) in [6, 6.07) is 1.32. The van der Waals surface area contributed by atoms with Crippen molar-refractivity contribution in [3.63, 3.8) is 0 Å². The van der Waals surface area contributed by atoms with Crippen molar-refractivity contribution < 1.29 is 8.78 Å². The van der Waals surface area contributed by atoms with Crippen LogP contribution in [0.5, 0.6) is 0 Å². The Bertz CT molecular complexity index is 315. The Morgan fingerprint density at radius 2 is 2.23 bits per heavy atom. The summed E-state index contributed by atoms with van der Waals surface area (Å²) in [6.45, 7) is 1.63. The van der Waals surface area contributed by atoms with Crippen LogP contribution in [0.25, 0.3) is 0 Å². The monoisotopic (exact) mass is 206 g/mol. The van der Waals surface area contributed by atoms with Crippen LogP contribution in [0.1, 0.15) is 23.2 Å². The van der Waals surface area contributed by atoms with Crippen molar-refractivity contribution in [1.29, 1.82) is 0 Å². The van der Waals surface area contributed by atoms with E-state index in [2.05, 4.69) is 4.98 Å². The lowest BCUT2D eigenvalue weighted by molar-refractivity contribution is 0.150. The highest BCUT2D eigenvalue weighted by atomic mass is 35.5. The highest BCUT2D eigenvalue weighted by molar-refractivity contribution is 6.17. The topological polar surface area (TPSA) is 38.9 Å². The number of nitrogen functional groups attached to an aromatic ring is 1. The molecule has 0 fully saturated rings. The van der Waals surface area contributed by atoms with Crippen molar-refractivity contribution in [3.8, 4) is 0 Å². The van der Waals surface area contributed by atoms with Gasteiger partial charge in [-0.15, -0.1) is 11.6 Å². The molecule has 1 aromatic rings. The summed E-state index contributed by atoms with van der Waals surface area (Å²) in [5, 5.41) is 0. The molecule has 2 N–H and O–H groups in total. The smallest absolute Gasteiger partial charge is 0.265 e. The zero-order valence-corrected chi connectivity index (χ0v) is 7.78. The summed E-state index contributed by atoms with van der Waals surface area (Å²) < 4.78 is 24.8. The summed E-state index contributed by atoms with van der Waals surface area (Å²) in [6.07, 6.45) is -2.56. The number of aryl methyl sites for hydroxylation is 1. The summed E-state index contributed by atoms with van der Waals surface area (Å²) in [4.78, 5) is 3.78. The number of aromatic nitrogens is 1. The maximum Gasteiger partial charge on any atom is 0.265 e. The lowest BCUT2D eigenvalue weighted by Crippen LogP contribution is -2.02. The van der Waals surface area contributed by atoms with E-state index < -0.39 is 6.43 Å². The number of alkyl halides is 3. The average molecular weight is 207 g/mol. The second-order valence-electron chi connectivity index (χ2n) is 2.66. The SMILES string of the molecule is Cc1cc(C(F)F)c(CCl)nc1N. The third-order valence-corrected chi connectivity index (χ3v) is 1.98. The molecule has 0 aliphatic heterocycles. The number of anilines is 1. The maximum absolute atomic E-state index is 12.4. The van der Waals surface area contributed by atoms with E-state index in [4.69, 9.17) is 17.3 Å². The van der Waals surface area contributed by atoms with Gasteiger partial charge in [0.2, 0.25) is 0 Å². The molecule has 0 aliphatic rings. The first kappa shape index (κ1) is 10.2.